The van der Waals surface area contributed by atoms with Crippen LogP contribution in [0.5, 0.6) is 5.75 Å². The van der Waals surface area contributed by atoms with Crippen LogP contribution in [0.1, 0.15) is 43.7 Å². The van der Waals surface area contributed by atoms with Crippen molar-refractivity contribution in [3.05, 3.63) is 59.7 Å². The molecule has 2 aromatic rings. The van der Waals surface area contributed by atoms with Gasteiger partial charge in [-0.3, -0.25) is 9.59 Å². The highest BCUT2D eigenvalue weighted by Crippen LogP contribution is 2.14. The fraction of sp³-hybridized carbons (Fsp3) is 0.318. The molecular formula is C22H27N3O3. The lowest BCUT2D eigenvalue weighted by atomic mass is 10.2. The van der Waals surface area contributed by atoms with Crippen LogP contribution >= 0.6 is 0 Å². The molecule has 2 aromatic carbocycles. The first-order valence-electron chi connectivity index (χ1n) is 9.48. The summed E-state index contributed by atoms with van der Waals surface area (Å²) in [6.45, 7) is 4.71. The second kappa shape index (κ2) is 11.5. The van der Waals surface area contributed by atoms with Gasteiger partial charge in [-0.05, 0) is 42.7 Å². The number of carbonyl (C=O) groups is 2. The summed E-state index contributed by atoms with van der Waals surface area (Å²) in [6, 6.07) is 15.0. The van der Waals surface area contributed by atoms with Crippen molar-refractivity contribution in [1.29, 1.82) is 0 Å². The lowest BCUT2D eigenvalue weighted by molar-refractivity contribution is -0.124. The highest BCUT2D eigenvalue weighted by molar-refractivity contribution is 5.94. The molecule has 148 valence electrons. The average Bonchev–Trinajstić information content (AvgIpc) is 2.69. The van der Waals surface area contributed by atoms with E-state index in [1.807, 2.05) is 55.5 Å². The Morgan fingerprint density at radius 3 is 2.64 bits per heavy atom. The highest BCUT2D eigenvalue weighted by atomic mass is 16.5. The summed E-state index contributed by atoms with van der Waals surface area (Å²) in [5, 5.41) is 6.75. The van der Waals surface area contributed by atoms with Gasteiger partial charge in [-0.25, -0.2) is 5.43 Å². The van der Waals surface area contributed by atoms with Crippen molar-refractivity contribution in [2.45, 2.75) is 39.5 Å². The Labute approximate surface area is 166 Å². The Balaban J connectivity index is 1.74. The van der Waals surface area contributed by atoms with Gasteiger partial charge in [0.2, 0.25) is 11.8 Å². The van der Waals surface area contributed by atoms with Crippen molar-refractivity contribution in [1.82, 2.24) is 5.43 Å². The number of unbranched alkanes of at least 4 members (excludes halogenated alkanes) is 1. The molecule has 0 saturated heterocycles. The summed E-state index contributed by atoms with van der Waals surface area (Å²) < 4.78 is 5.64. The van der Waals surface area contributed by atoms with E-state index in [0.717, 1.165) is 35.4 Å². The Kier molecular flexibility index (Phi) is 8.72. The standard InChI is InChI=1S/C22H27N3O3/c1-3-4-14-28-19-10-7-9-18(15-19)16-23-25-22(27)13-12-21(26)24-20-11-6-5-8-17(20)2/h5-11,15-16H,3-4,12-14H2,1-2H3,(H,24,26)(H,25,27). The maximum atomic E-state index is 12.0. The number of ether oxygens (including phenoxy) is 1. The predicted octanol–water partition coefficient (Wildman–Crippen LogP) is 4.04. The van der Waals surface area contributed by atoms with Crippen LogP contribution < -0.4 is 15.5 Å². The van der Waals surface area contributed by atoms with Crippen molar-refractivity contribution >= 4 is 23.7 Å². The molecular weight excluding hydrogens is 354 g/mol. The Morgan fingerprint density at radius 1 is 1.07 bits per heavy atom. The van der Waals surface area contributed by atoms with Crippen LogP contribution in [0.25, 0.3) is 0 Å². The summed E-state index contributed by atoms with van der Waals surface area (Å²) in [5.41, 5.74) is 5.00. The fourth-order valence-electron chi connectivity index (χ4n) is 2.41. The fourth-order valence-corrected chi connectivity index (χ4v) is 2.41. The van der Waals surface area contributed by atoms with Gasteiger partial charge >= 0.3 is 0 Å². The van der Waals surface area contributed by atoms with E-state index in [1.165, 1.54) is 0 Å². The Hall–Kier alpha value is -3.15. The van der Waals surface area contributed by atoms with Crippen molar-refractivity contribution in [2.24, 2.45) is 5.10 Å². The van der Waals surface area contributed by atoms with E-state index in [4.69, 9.17) is 4.74 Å². The summed E-state index contributed by atoms with van der Waals surface area (Å²) in [7, 11) is 0. The summed E-state index contributed by atoms with van der Waals surface area (Å²) in [5.74, 6) is 0.258. The first-order chi connectivity index (χ1) is 13.6. The van der Waals surface area contributed by atoms with Crippen molar-refractivity contribution in [3.8, 4) is 5.75 Å². The first kappa shape index (κ1) is 21.2. The number of nitrogens with zero attached hydrogens (tertiary/aromatic N) is 1. The SMILES string of the molecule is CCCCOc1cccc(C=NNC(=O)CCC(=O)Nc2ccccc2C)c1. The number of hydrazone groups is 1. The van der Waals surface area contributed by atoms with Gasteiger partial charge < -0.3 is 10.1 Å². The van der Waals surface area contributed by atoms with Gasteiger partial charge in [0.25, 0.3) is 0 Å². The van der Waals surface area contributed by atoms with E-state index in [9.17, 15) is 9.59 Å². The topological polar surface area (TPSA) is 79.8 Å². The molecule has 2 amide bonds. The Bertz CT molecular complexity index is 818. The average molecular weight is 381 g/mol. The predicted molar refractivity (Wildman–Crippen MR) is 112 cm³/mol. The molecule has 0 atom stereocenters. The van der Waals surface area contributed by atoms with Gasteiger partial charge in [0.1, 0.15) is 5.75 Å². The number of nitrogens with one attached hydrogen (secondary N) is 2. The summed E-state index contributed by atoms with van der Waals surface area (Å²) >= 11 is 0. The molecule has 0 saturated carbocycles. The number of para-hydroxylation sites is 1. The van der Waals surface area contributed by atoms with Crippen LogP contribution in [0.4, 0.5) is 5.69 Å². The van der Waals surface area contributed by atoms with E-state index in [-0.39, 0.29) is 24.7 Å². The molecule has 0 aliphatic heterocycles. The van der Waals surface area contributed by atoms with E-state index < -0.39 is 0 Å². The third kappa shape index (κ3) is 7.61. The van der Waals surface area contributed by atoms with Crippen LogP contribution in [0.2, 0.25) is 0 Å². The normalized spacial score (nSPS) is 10.6. The Morgan fingerprint density at radius 2 is 1.86 bits per heavy atom. The van der Waals surface area contributed by atoms with Gasteiger partial charge in [0.15, 0.2) is 0 Å². The largest absolute Gasteiger partial charge is 0.494 e. The molecule has 0 bridgehead atoms. The molecule has 2 N–H and O–H groups in total. The zero-order valence-corrected chi connectivity index (χ0v) is 16.4. The van der Waals surface area contributed by atoms with E-state index in [0.29, 0.717) is 6.61 Å². The van der Waals surface area contributed by atoms with E-state index >= 15 is 0 Å². The van der Waals surface area contributed by atoms with Crippen molar-refractivity contribution in [2.75, 3.05) is 11.9 Å². The van der Waals surface area contributed by atoms with Crippen molar-refractivity contribution in [3.63, 3.8) is 0 Å². The molecule has 0 spiro atoms. The van der Waals surface area contributed by atoms with Crippen molar-refractivity contribution < 1.29 is 14.3 Å². The zero-order chi connectivity index (χ0) is 20.2. The molecule has 0 aliphatic carbocycles. The smallest absolute Gasteiger partial charge is 0.240 e. The third-order valence-electron chi connectivity index (χ3n) is 4.03. The summed E-state index contributed by atoms with van der Waals surface area (Å²) in [4.78, 5) is 23.8. The van der Waals surface area contributed by atoms with Crippen LogP contribution in [-0.2, 0) is 9.59 Å². The third-order valence-corrected chi connectivity index (χ3v) is 4.03. The van der Waals surface area contributed by atoms with Crippen LogP contribution in [-0.4, -0.2) is 24.6 Å². The molecule has 0 fully saturated rings. The van der Waals surface area contributed by atoms with Gasteiger partial charge in [-0.15, -0.1) is 0 Å². The quantitative estimate of drug-likeness (QED) is 0.370. The minimum absolute atomic E-state index is 0.0647. The summed E-state index contributed by atoms with van der Waals surface area (Å²) in [6.07, 6.45) is 3.80. The number of carbonyl (C=O) groups excluding carboxylic acids is 2. The van der Waals surface area contributed by atoms with E-state index in [1.54, 1.807) is 6.21 Å². The first-order valence-corrected chi connectivity index (χ1v) is 9.48. The number of rotatable bonds is 10. The zero-order valence-electron chi connectivity index (χ0n) is 16.4. The number of anilines is 1. The molecule has 0 heterocycles. The molecule has 0 unspecified atom stereocenters. The van der Waals surface area contributed by atoms with E-state index in [2.05, 4.69) is 22.8 Å². The monoisotopic (exact) mass is 381 g/mol. The number of aryl methyl sites for hydroxylation is 1. The molecule has 2 rings (SSSR count). The highest BCUT2D eigenvalue weighted by Gasteiger charge is 2.07. The molecule has 6 heteroatoms. The van der Waals surface area contributed by atoms with Crippen LogP contribution in [0.3, 0.4) is 0 Å². The maximum absolute atomic E-state index is 12.0. The lowest BCUT2D eigenvalue weighted by Gasteiger charge is -2.07. The molecule has 0 aromatic heterocycles. The maximum Gasteiger partial charge on any atom is 0.240 e. The van der Waals surface area contributed by atoms with Gasteiger partial charge in [-0.2, -0.15) is 5.10 Å². The molecule has 6 nitrogen and oxygen atoms in total. The van der Waals surface area contributed by atoms with Gasteiger partial charge in [-0.1, -0.05) is 43.7 Å². The minimum atomic E-state index is -0.313. The van der Waals surface area contributed by atoms with Crippen LogP contribution in [0.15, 0.2) is 53.6 Å². The number of hydrogen-bond donors (Lipinski definition) is 2. The number of benzene rings is 2. The van der Waals surface area contributed by atoms with Gasteiger partial charge in [0.05, 0.1) is 12.8 Å². The second-order valence-electron chi connectivity index (χ2n) is 6.43. The molecule has 28 heavy (non-hydrogen) atoms. The number of hydrogen-bond acceptors (Lipinski definition) is 4. The van der Waals surface area contributed by atoms with Gasteiger partial charge in [0, 0.05) is 18.5 Å². The van der Waals surface area contributed by atoms with Crippen LogP contribution in [0, 0.1) is 6.92 Å². The number of amides is 2. The lowest BCUT2D eigenvalue weighted by Crippen LogP contribution is -2.20. The minimum Gasteiger partial charge on any atom is -0.494 e. The second-order valence-corrected chi connectivity index (χ2v) is 6.43. The molecule has 0 aliphatic rings. The molecule has 0 radical (unpaired) electrons.